The molecule has 1 heterocycles. The van der Waals surface area contributed by atoms with Crippen molar-refractivity contribution in [2.24, 2.45) is 0 Å². The van der Waals surface area contributed by atoms with Gasteiger partial charge in [-0.2, -0.15) is 0 Å². The van der Waals surface area contributed by atoms with Gasteiger partial charge >= 0.3 is 0 Å². The summed E-state index contributed by atoms with van der Waals surface area (Å²) in [7, 11) is 0. The molecule has 0 bridgehead atoms. The number of benzene rings is 2. The molecule has 2 aliphatic rings. The fourth-order valence-corrected chi connectivity index (χ4v) is 4.07. The second kappa shape index (κ2) is 7.78. The van der Waals surface area contributed by atoms with E-state index in [4.69, 9.17) is 0 Å². The van der Waals surface area contributed by atoms with Gasteiger partial charge in [0.25, 0.3) is 0 Å². The van der Waals surface area contributed by atoms with Gasteiger partial charge in [0.05, 0.1) is 12.1 Å². The zero-order valence-corrected chi connectivity index (χ0v) is 15.7. The van der Waals surface area contributed by atoms with Gasteiger partial charge in [-0.1, -0.05) is 42.5 Å². The van der Waals surface area contributed by atoms with Gasteiger partial charge < -0.3 is 10.6 Å². The number of carbonyl (C=O) groups is 1. The van der Waals surface area contributed by atoms with Crippen molar-refractivity contribution in [2.75, 3.05) is 6.54 Å². The third-order valence-corrected chi connectivity index (χ3v) is 5.70. The molecule has 1 saturated carbocycles. The summed E-state index contributed by atoms with van der Waals surface area (Å²) in [5, 5.41) is 5.71. The molecule has 29 heavy (non-hydrogen) atoms. The first-order valence-corrected chi connectivity index (χ1v) is 9.72. The average molecular weight is 406 g/mol. The monoisotopic (exact) mass is 406 g/mol. The van der Waals surface area contributed by atoms with Crippen molar-refractivity contribution in [3.8, 4) is 0 Å². The lowest BCUT2D eigenvalue weighted by molar-refractivity contribution is -0.123. The smallest absolute Gasteiger partial charge is 0.249 e. The van der Waals surface area contributed by atoms with E-state index in [9.17, 15) is 22.4 Å². The van der Waals surface area contributed by atoms with Crippen LogP contribution >= 0.6 is 0 Å². The first kappa shape index (κ1) is 19.9. The van der Waals surface area contributed by atoms with Gasteiger partial charge in [0.15, 0.2) is 0 Å². The molecule has 0 unspecified atom stereocenters. The van der Waals surface area contributed by atoms with Crippen molar-refractivity contribution < 1.29 is 22.4 Å². The Labute approximate surface area is 166 Å². The average Bonchev–Trinajstić information content (AvgIpc) is 3.11. The molecule has 3 nitrogen and oxygen atoms in total. The van der Waals surface area contributed by atoms with Crippen molar-refractivity contribution in [1.82, 2.24) is 10.6 Å². The lowest BCUT2D eigenvalue weighted by atomic mass is 9.76. The number of hydrogen-bond acceptors (Lipinski definition) is 2. The molecule has 1 aliphatic carbocycles. The summed E-state index contributed by atoms with van der Waals surface area (Å²) in [4.78, 5) is 12.6. The lowest BCUT2D eigenvalue weighted by Crippen LogP contribution is -2.42. The minimum atomic E-state index is -2.72. The first-order chi connectivity index (χ1) is 13.8. The summed E-state index contributed by atoms with van der Waals surface area (Å²) in [6.45, 7) is 0.128. The number of amides is 1. The van der Waals surface area contributed by atoms with Gasteiger partial charge in [0, 0.05) is 25.8 Å². The van der Waals surface area contributed by atoms with E-state index in [2.05, 4.69) is 10.6 Å². The molecular formula is C22H22F4N2O. The first-order valence-electron chi connectivity index (χ1n) is 9.72. The number of nitrogens with one attached hydrogen (secondary N) is 2. The Hall–Kier alpha value is -2.41. The summed E-state index contributed by atoms with van der Waals surface area (Å²) in [6, 6.07) is 12.3. The maximum atomic E-state index is 14.7. The van der Waals surface area contributed by atoms with Crippen LogP contribution in [-0.2, 0) is 4.79 Å². The Morgan fingerprint density at radius 3 is 2.41 bits per heavy atom. The minimum Gasteiger partial charge on any atom is -0.344 e. The van der Waals surface area contributed by atoms with Crippen molar-refractivity contribution in [1.29, 1.82) is 0 Å². The van der Waals surface area contributed by atoms with Gasteiger partial charge in [-0.25, -0.2) is 17.6 Å². The van der Waals surface area contributed by atoms with Crippen LogP contribution in [0.4, 0.5) is 17.6 Å². The topological polar surface area (TPSA) is 41.1 Å². The van der Waals surface area contributed by atoms with Gasteiger partial charge in [0.1, 0.15) is 12.0 Å². The van der Waals surface area contributed by atoms with Crippen LogP contribution in [0.2, 0.25) is 0 Å². The van der Waals surface area contributed by atoms with Crippen LogP contribution in [0.1, 0.15) is 47.9 Å². The third-order valence-electron chi connectivity index (χ3n) is 5.70. The summed E-state index contributed by atoms with van der Waals surface area (Å²) in [6.07, 6.45) is -1.67. The van der Waals surface area contributed by atoms with E-state index >= 15 is 0 Å². The van der Waals surface area contributed by atoms with Crippen molar-refractivity contribution in [3.63, 3.8) is 0 Å². The standard InChI is InChI=1S/C22H22F4N2O/c23-16-9-19(27-12-16)21(29)28-20(13-4-2-1-3-5-13)14-6-7-17(18(24)8-14)15-10-22(25,26)11-15/h1-8,15-16,19-20,27H,9-12H2,(H,28,29)/t16-,19+,20+/m1/s1. The molecule has 2 aromatic rings. The number of rotatable bonds is 5. The molecule has 2 aromatic carbocycles. The van der Waals surface area contributed by atoms with E-state index in [0.717, 1.165) is 5.56 Å². The minimum absolute atomic E-state index is 0.0938. The largest absolute Gasteiger partial charge is 0.344 e. The SMILES string of the molecule is O=C(N[C@@H](c1ccccc1)c1ccc(C2CC(F)(F)C2)c(F)c1)[C@@H]1C[C@@H](F)CN1. The normalized spacial score (nSPS) is 24.7. The van der Waals surface area contributed by atoms with Crippen molar-refractivity contribution in [2.45, 2.75) is 49.4 Å². The number of carbonyl (C=O) groups excluding carboxylic acids is 1. The van der Waals surface area contributed by atoms with E-state index in [1.165, 1.54) is 12.1 Å². The Kier molecular flexibility index (Phi) is 5.34. The van der Waals surface area contributed by atoms with Crippen LogP contribution < -0.4 is 10.6 Å². The molecular weight excluding hydrogens is 384 g/mol. The third kappa shape index (κ3) is 4.29. The number of halogens is 4. The molecule has 1 amide bonds. The molecule has 3 atom stereocenters. The molecule has 1 saturated heterocycles. The Morgan fingerprint density at radius 2 is 1.83 bits per heavy atom. The lowest BCUT2D eigenvalue weighted by Gasteiger charge is -2.35. The number of alkyl halides is 3. The Bertz CT molecular complexity index is 882. The second-order valence-electron chi connectivity index (χ2n) is 7.89. The molecule has 154 valence electrons. The zero-order valence-electron chi connectivity index (χ0n) is 15.7. The summed E-state index contributed by atoms with van der Waals surface area (Å²) < 4.78 is 54.5. The van der Waals surface area contributed by atoms with Gasteiger partial charge in [-0.3, -0.25) is 4.79 Å². The van der Waals surface area contributed by atoms with Gasteiger partial charge in [0.2, 0.25) is 11.8 Å². The molecule has 0 radical (unpaired) electrons. The predicted molar refractivity (Wildman–Crippen MR) is 101 cm³/mol. The maximum absolute atomic E-state index is 14.7. The Balaban J connectivity index is 1.58. The molecule has 2 fully saturated rings. The van der Waals surface area contributed by atoms with Gasteiger partial charge in [-0.15, -0.1) is 0 Å². The summed E-state index contributed by atoms with van der Waals surface area (Å²) >= 11 is 0. The van der Waals surface area contributed by atoms with Crippen LogP contribution in [-0.4, -0.2) is 30.6 Å². The number of hydrogen-bond donors (Lipinski definition) is 2. The summed E-state index contributed by atoms with van der Waals surface area (Å²) in [5.74, 6) is -4.13. The molecule has 2 N–H and O–H groups in total. The van der Waals surface area contributed by atoms with Crippen LogP contribution in [0, 0.1) is 5.82 Å². The van der Waals surface area contributed by atoms with E-state index in [0.29, 0.717) is 5.56 Å². The Morgan fingerprint density at radius 1 is 1.10 bits per heavy atom. The molecule has 0 spiro atoms. The highest BCUT2D eigenvalue weighted by Crippen LogP contribution is 2.49. The molecule has 0 aromatic heterocycles. The van der Waals surface area contributed by atoms with Crippen LogP contribution in [0.3, 0.4) is 0 Å². The van der Waals surface area contributed by atoms with E-state index < -0.39 is 35.9 Å². The van der Waals surface area contributed by atoms with E-state index in [1.54, 1.807) is 18.2 Å². The van der Waals surface area contributed by atoms with E-state index in [-0.39, 0.29) is 37.3 Å². The van der Waals surface area contributed by atoms with Crippen LogP contribution in [0.5, 0.6) is 0 Å². The fourth-order valence-electron chi connectivity index (χ4n) is 4.07. The molecule has 7 heteroatoms. The van der Waals surface area contributed by atoms with Crippen molar-refractivity contribution in [3.05, 3.63) is 71.0 Å². The van der Waals surface area contributed by atoms with Crippen LogP contribution in [0.25, 0.3) is 0 Å². The highest BCUT2D eigenvalue weighted by Gasteiger charge is 2.46. The van der Waals surface area contributed by atoms with Crippen molar-refractivity contribution >= 4 is 5.91 Å². The maximum Gasteiger partial charge on any atom is 0.249 e. The fraction of sp³-hybridized carbons (Fsp3) is 0.409. The van der Waals surface area contributed by atoms with Gasteiger partial charge in [-0.05, 0) is 28.7 Å². The molecule has 1 aliphatic heterocycles. The summed E-state index contributed by atoms with van der Waals surface area (Å²) in [5.41, 5.74) is 1.53. The zero-order chi connectivity index (χ0) is 20.6. The van der Waals surface area contributed by atoms with Crippen LogP contribution in [0.15, 0.2) is 48.5 Å². The second-order valence-corrected chi connectivity index (χ2v) is 7.89. The van der Waals surface area contributed by atoms with E-state index in [1.807, 2.05) is 18.2 Å². The quantitative estimate of drug-likeness (QED) is 0.730. The highest BCUT2D eigenvalue weighted by atomic mass is 19.3. The predicted octanol–water partition coefficient (Wildman–Crippen LogP) is 4.24. The molecule has 4 rings (SSSR count). The highest BCUT2D eigenvalue weighted by molar-refractivity contribution is 5.83.